The van der Waals surface area contributed by atoms with E-state index in [9.17, 15) is 9.59 Å². The number of carbonyl (C=O) groups is 2. The number of rotatable bonds is 4. The average Bonchev–Trinajstić information content (AvgIpc) is 3.18. The Morgan fingerprint density at radius 1 is 1.10 bits per heavy atom. The fourth-order valence-corrected chi connectivity index (χ4v) is 4.62. The van der Waals surface area contributed by atoms with E-state index in [-0.39, 0.29) is 11.8 Å². The van der Waals surface area contributed by atoms with Crippen LogP contribution >= 0.6 is 0 Å². The first-order valence-electron chi connectivity index (χ1n) is 10.7. The number of amides is 2. The molecule has 0 bridgehead atoms. The van der Waals surface area contributed by atoms with E-state index < -0.39 is 0 Å². The van der Waals surface area contributed by atoms with Gasteiger partial charge in [-0.25, -0.2) is 4.98 Å². The van der Waals surface area contributed by atoms with Crippen LogP contribution in [0.15, 0.2) is 42.6 Å². The molecule has 2 amide bonds. The van der Waals surface area contributed by atoms with Crippen LogP contribution in [0.1, 0.15) is 58.8 Å². The van der Waals surface area contributed by atoms with Crippen LogP contribution in [0.25, 0.3) is 11.0 Å². The van der Waals surface area contributed by atoms with Gasteiger partial charge < -0.3 is 14.8 Å². The number of aromatic nitrogens is 3. The highest BCUT2D eigenvalue weighted by Gasteiger charge is 2.33. The van der Waals surface area contributed by atoms with Crippen LogP contribution < -0.4 is 5.32 Å². The summed E-state index contributed by atoms with van der Waals surface area (Å²) >= 11 is 0. The first-order valence-corrected chi connectivity index (χ1v) is 10.7. The predicted octanol–water partition coefficient (Wildman–Crippen LogP) is 3.15. The second-order valence-electron chi connectivity index (χ2n) is 8.08. The van der Waals surface area contributed by atoms with Gasteiger partial charge in [-0.3, -0.25) is 14.6 Å². The molecule has 1 saturated carbocycles. The minimum Gasteiger partial charge on any atom is -0.346 e. The first kappa shape index (κ1) is 18.8. The third-order valence-electron chi connectivity index (χ3n) is 6.20. The molecule has 0 unspecified atom stereocenters. The van der Waals surface area contributed by atoms with Gasteiger partial charge in [-0.15, -0.1) is 0 Å². The Morgan fingerprint density at radius 2 is 1.97 bits per heavy atom. The summed E-state index contributed by atoms with van der Waals surface area (Å²) < 4.78 is 1.99. The molecule has 3 heterocycles. The molecule has 0 spiro atoms. The van der Waals surface area contributed by atoms with Crippen LogP contribution in [0, 0.1) is 0 Å². The lowest BCUT2D eigenvalue weighted by Gasteiger charge is -2.36. The van der Waals surface area contributed by atoms with E-state index in [1.165, 1.54) is 19.3 Å². The molecule has 1 aliphatic heterocycles. The molecule has 1 aliphatic carbocycles. The molecule has 2 aliphatic rings. The van der Waals surface area contributed by atoms with E-state index >= 15 is 0 Å². The zero-order valence-corrected chi connectivity index (χ0v) is 16.9. The quantitative estimate of drug-likeness (QED) is 0.726. The van der Waals surface area contributed by atoms with E-state index in [0.717, 1.165) is 37.1 Å². The van der Waals surface area contributed by atoms with E-state index in [0.29, 0.717) is 29.5 Å². The highest BCUT2D eigenvalue weighted by molar-refractivity contribution is 6.00. The van der Waals surface area contributed by atoms with Crippen LogP contribution in [-0.2, 0) is 13.1 Å². The minimum absolute atomic E-state index is 0.0190. The highest BCUT2D eigenvalue weighted by atomic mass is 16.2. The number of benzene rings is 1. The Labute approximate surface area is 175 Å². The summed E-state index contributed by atoms with van der Waals surface area (Å²) in [4.78, 5) is 36.6. The molecule has 1 N–H and O–H groups in total. The first-order chi connectivity index (χ1) is 14.7. The van der Waals surface area contributed by atoms with Gasteiger partial charge in [0, 0.05) is 30.9 Å². The Hall–Kier alpha value is -3.22. The second kappa shape index (κ2) is 7.89. The average molecular weight is 403 g/mol. The lowest BCUT2D eigenvalue weighted by atomic mass is 9.94. The topological polar surface area (TPSA) is 80.1 Å². The number of hydrogen-bond donors (Lipinski definition) is 1. The van der Waals surface area contributed by atoms with Crippen LogP contribution in [-0.4, -0.2) is 43.8 Å². The summed E-state index contributed by atoms with van der Waals surface area (Å²) in [6.07, 6.45) is 7.54. The molecular formula is C23H25N5O2. The smallest absolute Gasteiger partial charge is 0.290 e. The Kier molecular flexibility index (Phi) is 4.94. The summed E-state index contributed by atoms with van der Waals surface area (Å²) in [5, 5.41) is 2.89. The molecule has 7 nitrogen and oxygen atoms in total. The van der Waals surface area contributed by atoms with E-state index in [4.69, 9.17) is 0 Å². The minimum atomic E-state index is -0.177. The van der Waals surface area contributed by atoms with Gasteiger partial charge in [0.05, 0.1) is 23.3 Å². The molecule has 7 heteroatoms. The summed E-state index contributed by atoms with van der Waals surface area (Å²) in [6, 6.07) is 11.4. The molecule has 0 atom stereocenters. The molecule has 154 valence electrons. The second-order valence-corrected chi connectivity index (χ2v) is 8.08. The van der Waals surface area contributed by atoms with Crippen molar-refractivity contribution in [3.8, 4) is 0 Å². The monoisotopic (exact) mass is 403 g/mol. The van der Waals surface area contributed by atoms with Crippen molar-refractivity contribution in [3.63, 3.8) is 0 Å². The van der Waals surface area contributed by atoms with Gasteiger partial charge in [0.25, 0.3) is 11.8 Å². The van der Waals surface area contributed by atoms with Crippen molar-refractivity contribution in [2.45, 2.75) is 51.2 Å². The third-order valence-corrected chi connectivity index (χ3v) is 6.20. The molecule has 0 saturated heterocycles. The number of nitrogens with one attached hydrogen (secondary N) is 1. The zero-order valence-electron chi connectivity index (χ0n) is 16.9. The van der Waals surface area contributed by atoms with E-state index in [2.05, 4.69) is 15.3 Å². The lowest BCUT2D eigenvalue weighted by molar-refractivity contribution is 0.0566. The van der Waals surface area contributed by atoms with Gasteiger partial charge in [0.15, 0.2) is 5.82 Å². The van der Waals surface area contributed by atoms with Gasteiger partial charge >= 0.3 is 0 Å². The van der Waals surface area contributed by atoms with Crippen molar-refractivity contribution in [2.75, 3.05) is 6.54 Å². The SMILES string of the molecule is O=C(NCc1ccccn1)c1ccc2c(c1)nc1n2CCN(C2CCCCC2)C1=O. The van der Waals surface area contributed by atoms with Crippen LogP contribution in [0.5, 0.6) is 0 Å². The van der Waals surface area contributed by atoms with Crippen molar-refractivity contribution in [1.29, 1.82) is 0 Å². The van der Waals surface area contributed by atoms with Gasteiger partial charge in [0.1, 0.15) is 0 Å². The van der Waals surface area contributed by atoms with Gasteiger partial charge in [0.2, 0.25) is 0 Å². The molecule has 2 aromatic heterocycles. The van der Waals surface area contributed by atoms with E-state index in [1.807, 2.05) is 33.7 Å². The van der Waals surface area contributed by atoms with Crippen molar-refractivity contribution in [1.82, 2.24) is 24.8 Å². The van der Waals surface area contributed by atoms with Crippen LogP contribution in [0.4, 0.5) is 0 Å². The van der Waals surface area contributed by atoms with Crippen molar-refractivity contribution >= 4 is 22.8 Å². The summed E-state index contributed by atoms with van der Waals surface area (Å²) in [5.41, 5.74) is 2.93. The normalized spacial score (nSPS) is 17.2. The molecule has 0 radical (unpaired) electrons. The number of carbonyl (C=O) groups excluding carboxylic acids is 2. The maximum Gasteiger partial charge on any atom is 0.290 e. The van der Waals surface area contributed by atoms with Crippen molar-refractivity contribution < 1.29 is 9.59 Å². The highest BCUT2D eigenvalue weighted by Crippen LogP contribution is 2.28. The molecule has 5 rings (SSSR count). The number of imidazole rings is 1. The Bertz CT molecular complexity index is 1090. The summed E-state index contributed by atoms with van der Waals surface area (Å²) in [6.45, 7) is 1.85. The Balaban J connectivity index is 1.36. The van der Waals surface area contributed by atoms with Gasteiger partial charge in [-0.1, -0.05) is 25.3 Å². The largest absolute Gasteiger partial charge is 0.346 e. The number of fused-ring (bicyclic) bond motifs is 3. The number of nitrogens with zero attached hydrogens (tertiary/aromatic N) is 4. The van der Waals surface area contributed by atoms with E-state index in [1.54, 1.807) is 18.3 Å². The fraction of sp³-hybridized carbons (Fsp3) is 0.391. The number of hydrogen-bond acceptors (Lipinski definition) is 4. The summed E-state index contributed by atoms with van der Waals surface area (Å²) in [5.74, 6) is 0.335. The molecule has 1 fully saturated rings. The van der Waals surface area contributed by atoms with Gasteiger partial charge in [-0.05, 0) is 43.2 Å². The molecule has 1 aromatic carbocycles. The van der Waals surface area contributed by atoms with Crippen LogP contribution in [0.2, 0.25) is 0 Å². The van der Waals surface area contributed by atoms with Gasteiger partial charge in [-0.2, -0.15) is 0 Å². The van der Waals surface area contributed by atoms with Crippen molar-refractivity contribution in [3.05, 3.63) is 59.7 Å². The fourth-order valence-electron chi connectivity index (χ4n) is 4.62. The lowest BCUT2D eigenvalue weighted by Crippen LogP contribution is -2.47. The third kappa shape index (κ3) is 3.44. The zero-order chi connectivity index (χ0) is 20.5. The maximum atomic E-state index is 13.1. The summed E-state index contributed by atoms with van der Waals surface area (Å²) in [7, 11) is 0. The standard InChI is InChI=1S/C23H25N5O2/c29-22(25-15-17-6-4-5-11-24-17)16-9-10-20-19(14-16)26-21-23(30)27(12-13-28(20)21)18-7-2-1-3-8-18/h4-6,9-11,14,18H,1-3,7-8,12-13,15H2,(H,25,29). The molecule has 3 aromatic rings. The van der Waals surface area contributed by atoms with Crippen molar-refractivity contribution in [2.24, 2.45) is 0 Å². The number of pyridine rings is 1. The van der Waals surface area contributed by atoms with Crippen LogP contribution in [0.3, 0.4) is 0 Å². The Morgan fingerprint density at radius 3 is 2.77 bits per heavy atom. The predicted molar refractivity (Wildman–Crippen MR) is 113 cm³/mol. The maximum absolute atomic E-state index is 13.1. The molecule has 30 heavy (non-hydrogen) atoms. The molecular weight excluding hydrogens is 378 g/mol.